The zero-order valence-electron chi connectivity index (χ0n) is 12.4. The van der Waals surface area contributed by atoms with Gasteiger partial charge in [0.15, 0.2) is 5.76 Å². The van der Waals surface area contributed by atoms with Crippen molar-refractivity contribution in [2.75, 3.05) is 39.3 Å². The lowest BCUT2D eigenvalue weighted by Gasteiger charge is -2.34. The number of piperazine rings is 1. The molecule has 6 heteroatoms. The van der Waals surface area contributed by atoms with E-state index in [1.807, 2.05) is 25.3 Å². The Labute approximate surface area is 124 Å². The second-order valence-corrected chi connectivity index (χ2v) is 5.52. The molecule has 0 unspecified atom stereocenters. The smallest absolute Gasteiger partial charge is 0.152 e. The second-order valence-electron chi connectivity index (χ2n) is 5.52. The first-order valence-electron chi connectivity index (χ1n) is 7.41. The van der Waals surface area contributed by atoms with Gasteiger partial charge in [-0.25, -0.2) is 0 Å². The average molecular weight is 290 g/mol. The van der Waals surface area contributed by atoms with Crippen LogP contribution in [0.15, 0.2) is 22.7 Å². The van der Waals surface area contributed by atoms with Gasteiger partial charge in [-0.3, -0.25) is 14.9 Å². The molecule has 1 aliphatic rings. The van der Waals surface area contributed by atoms with Gasteiger partial charge >= 0.3 is 0 Å². The molecular formula is C15H22N4O2. The number of aromatic nitrogens is 2. The van der Waals surface area contributed by atoms with Gasteiger partial charge in [0.1, 0.15) is 11.5 Å². The highest BCUT2D eigenvalue weighted by atomic mass is 16.3. The predicted molar refractivity (Wildman–Crippen MR) is 79.8 cm³/mol. The van der Waals surface area contributed by atoms with Crippen molar-refractivity contribution in [3.63, 3.8) is 0 Å². The van der Waals surface area contributed by atoms with E-state index in [2.05, 4.69) is 20.0 Å². The van der Waals surface area contributed by atoms with E-state index in [1.54, 1.807) is 0 Å². The third-order valence-electron chi connectivity index (χ3n) is 3.98. The molecule has 0 atom stereocenters. The van der Waals surface area contributed by atoms with E-state index < -0.39 is 0 Å². The fraction of sp³-hybridized carbons (Fsp3) is 0.533. The monoisotopic (exact) mass is 290 g/mol. The van der Waals surface area contributed by atoms with Crippen LogP contribution < -0.4 is 0 Å². The summed E-state index contributed by atoms with van der Waals surface area (Å²) in [5.74, 6) is 1.75. The number of aryl methyl sites for hydroxylation is 1. The van der Waals surface area contributed by atoms with E-state index in [1.165, 1.54) is 5.56 Å². The minimum atomic E-state index is 0.240. The van der Waals surface area contributed by atoms with Crippen molar-refractivity contribution in [2.24, 2.45) is 0 Å². The van der Waals surface area contributed by atoms with Gasteiger partial charge in [0.2, 0.25) is 0 Å². The van der Waals surface area contributed by atoms with E-state index in [4.69, 9.17) is 9.52 Å². The third-order valence-corrected chi connectivity index (χ3v) is 3.98. The van der Waals surface area contributed by atoms with Gasteiger partial charge in [-0.15, -0.1) is 0 Å². The standard InChI is InChI=1S/C15H22N4O2/c1-12-2-3-14(21-12)15-13(10-16-17-15)11-19-6-4-18(5-7-19)8-9-20/h2-3,10,20H,4-9,11H2,1H3,(H,16,17). The summed E-state index contributed by atoms with van der Waals surface area (Å²) >= 11 is 0. The summed E-state index contributed by atoms with van der Waals surface area (Å²) < 4.78 is 5.68. The van der Waals surface area contributed by atoms with Crippen molar-refractivity contribution in [3.8, 4) is 11.5 Å². The maximum atomic E-state index is 8.98. The van der Waals surface area contributed by atoms with E-state index in [9.17, 15) is 0 Å². The number of nitrogens with one attached hydrogen (secondary N) is 1. The fourth-order valence-corrected chi connectivity index (χ4v) is 2.77. The Morgan fingerprint density at radius 3 is 2.67 bits per heavy atom. The number of aliphatic hydroxyl groups is 1. The molecule has 0 saturated carbocycles. The van der Waals surface area contributed by atoms with Crippen LogP contribution in [0.4, 0.5) is 0 Å². The highest BCUT2D eigenvalue weighted by Gasteiger charge is 2.19. The molecule has 0 amide bonds. The number of H-pyrrole nitrogens is 1. The lowest BCUT2D eigenvalue weighted by molar-refractivity contribution is 0.108. The van der Waals surface area contributed by atoms with Crippen molar-refractivity contribution < 1.29 is 9.52 Å². The van der Waals surface area contributed by atoms with Gasteiger partial charge in [-0.1, -0.05) is 0 Å². The van der Waals surface area contributed by atoms with Gasteiger partial charge in [-0.2, -0.15) is 5.10 Å². The molecule has 0 spiro atoms. The maximum absolute atomic E-state index is 8.98. The minimum absolute atomic E-state index is 0.240. The van der Waals surface area contributed by atoms with Crippen molar-refractivity contribution in [1.29, 1.82) is 0 Å². The summed E-state index contributed by atoms with van der Waals surface area (Å²) in [5, 5.41) is 16.2. The van der Waals surface area contributed by atoms with E-state index in [-0.39, 0.29) is 6.61 Å². The molecular weight excluding hydrogens is 268 g/mol. The van der Waals surface area contributed by atoms with Crippen LogP contribution in [0.1, 0.15) is 11.3 Å². The number of aliphatic hydroxyl groups excluding tert-OH is 1. The molecule has 21 heavy (non-hydrogen) atoms. The van der Waals surface area contributed by atoms with E-state index in [0.717, 1.165) is 56.5 Å². The van der Waals surface area contributed by atoms with Crippen molar-refractivity contribution >= 4 is 0 Å². The Bertz CT molecular complexity index is 570. The Morgan fingerprint density at radius 1 is 1.24 bits per heavy atom. The number of β-amino-alcohol motifs (C(OH)–C–C–N with tert-alkyl or cyclic N) is 1. The van der Waals surface area contributed by atoms with Crippen LogP contribution in [-0.4, -0.2) is 64.4 Å². The molecule has 0 aromatic carbocycles. The number of furan rings is 1. The number of aromatic amines is 1. The number of rotatable bonds is 5. The number of hydrogen-bond donors (Lipinski definition) is 2. The van der Waals surface area contributed by atoms with Gasteiger partial charge in [0.25, 0.3) is 0 Å². The molecule has 0 radical (unpaired) electrons. The zero-order chi connectivity index (χ0) is 14.7. The van der Waals surface area contributed by atoms with E-state index >= 15 is 0 Å². The van der Waals surface area contributed by atoms with Crippen LogP contribution >= 0.6 is 0 Å². The minimum Gasteiger partial charge on any atom is -0.460 e. The highest BCUT2D eigenvalue weighted by Crippen LogP contribution is 2.24. The van der Waals surface area contributed by atoms with Gasteiger partial charge in [0, 0.05) is 44.8 Å². The molecule has 3 heterocycles. The summed E-state index contributed by atoms with van der Waals surface area (Å²) in [6, 6.07) is 3.94. The average Bonchev–Trinajstić information content (AvgIpc) is 3.10. The highest BCUT2D eigenvalue weighted by molar-refractivity contribution is 5.56. The molecule has 0 bridgehead atoms. The van der Waals surface area contributed by atoms with Crippen LogP contribution in [0.25, 0.3) is 11.5 Å². The summed E-state index contributed by atoms with van der Waals surface area (Å²) in [7, 11) is 0. The predicted octanol–water partition coefficient (Wildman–Crippen LogP) is 1.09. The Kier molecular flexibility index (Phi) is 4.38. The Balaban J connectivity index is 1.63. The third kappa shape index (κ3) is 3.34. The first-order chi connectivity index (χ1) is 10.3. The Hall–Kier alpha value is -1.63. The normalized spacial score (nSPS) is 17.4. The van der Waals surface area contributed by atoms with Crippen molar-refractivity contribution in [3.05, 3.63) is 29.7 Å². The van der Waals surface area contributed by atoms with E-state index in [0.29, 0.717) is 0 Å². The summed E-state index contributed by atoms with van der Waals surface area (Å²) in [5.41, 5.74) is 2.14. The van der Waals surface area contributed by atoms with Gasteiger partial charge < -0.3 is 9.52 Å². The first kappa shape index (κ1) is 14.3. The molecule has 1 fully saturated rings. The molecule has 0 aliphatic carbocycles. The summed E-state index contributed by atoms with van der Waals surface area (Å²) in [4.78, 5) is 4.71. The molecule has 1 aliphatic heterocycles. The van der Waals surface area contributed by atoms with Crippen LogP contribution in [0.2, 0.25) is 0 Å². The van der Waals surface area contributed by atoms with Crippen molar-refractivity contribution in [2.45, 2.75) is 13.5 Å². The summed E-state index contributed by atoms with van der Waals surface area (Å²) in [6.45, 7) is 7.88. The van der Waals surface area contributed by atoms with Gasteiger partial charge in [0.05, 0.1) is 12.8 Å². The first-order valence-corrected chi connectivity index (χ1v) is 7.41. The molecule has 3 rings (SSSR count). The largest absolute Gasteiger partial charge is 0.460 e. The second kappa shape index (κ2) is 6.43. The zero-order valence-corrected chi connectivity index (χ0v) is 12.4. The van der Waals surface area contributed by atoms with Crippen LogP contribution in [-0.2, 0) is 6.54 Å². The van der Waals surface area contributed by atoms with Crippen LogP contribution in [0.3, 0.4) is 0 Å². The number of hydrogen-bond acceptors (Lipinski definition) is 5. The topological polar surface area (TPSA) is 68.5 Å². The fourth-order valence-electron chi connectivity index (χ4n) is 2.77. The molecule has 114 valence electrons. The molecule has 2 aromatic rings. The molecule has 1 saturated heterocycles. The number of nitrogens with zero attached hydrogens (tertiary/aromatic N) is 3. The van der Waals surface area contributed by atoms with Crippen LogP contribution in [0, 0.1) is 6.92 Å². The van der Waals surface area contributed by atoms with Gasteiger partial charge in [-0.05, 0) is 19.1 Å². The lowest BCUT2D eigenvalue weighted by Crippen LogP contribution is -2.46. The Morgan fingerprint density at radius 2 is 2.00 bits per heavy atom. The summed E-state index contributed by atoms with van der Waals surface area (Å²) in [6.07, 6.45) is 1.88. The molecule has 2 aromatic heterocycles. The quantitative estimate of drug-likeness (QED) is 0.862. The van der Waals surface area contributed by atoms with Crippen LogP contribution in [0.5, 0.6) is 0 Å². The molecule has 6 nitrogen and oxygen atoms in total. The lowest BCUT2D eigenvalue weighted by atomic mass is 10.2. The molecule has 2 N–H and O–H groups in total. The SMILES string of the molecule is Cc1ccc(-c2[nH]ncc2CN2CCN(CCO)CC2)o1. The van der Waals surface area contributed by atoms with Crippen molar-refractivity contribution in [1.82, 2.24) is 20.0 Å². The maximum Gasteiger partial charge on any atom is 0.152 e.